The lowest BCUT2D eigenvalue weighted by molar-refractivity contribution is -0.385. The Hall–Kier alpha value is -2.04. The minimum Gasteiger partial charge on any atom is -0.258 e. The van der Waals surface area contributed by atoms with Gasteiger partial charge in [-0.25, -0.2) is 4.98 Å². The number of rotatable bonds is 3. The molecule has 0 aliphatic carbocycles. The molecule has 0 amide bonds. The molecule has 20 heavy (non-hydrogen) atoms. The summed E-state index contributed by atoms with van der Waals surface area (Å²) in [7, 11) is 0. The minimum absolute atomic E-state index is 0.0358. The number of aromatic nitrogens is 1. The van der Waals surface area contributed by atoms with Gasteiger partial charge in [-0.15, -0.1) is 11.3 Å². The van der Waals surface area contributed by atoms with Crippen molar-refractivity contribution in [1.29, 1.82) is 5.26 Å². The van der Waals surface area contributed by atoms with E-state index in [-0.39, 0.29) is 5.69 Å². The predicted octanol–water partition coefficient (Wildman–Crippen LogP) is 4.19. The maximum absolute atomic E-state index is 10.9. The number of benzene rings is 1. The highest BCUT2D eigenvalue weighted by Crippen LogP contribution is 2.28. The van der Waals surface area contributed by atoms with Crippen molar-refractivity contribution in [2.75, 3.05) is 0 Å². The van der Waals surface area contributed by atoms with Gasteiger partial charge in [0.1, 0.15) is 11.1 Å². The van der Waals surface area contributed by atoms with Crippen molar-refractivity contribution in [2.24, 2.45) is 0 Å². The number of halogens is 1. The minimum atomic E-state index is -0.471. The molecule has 0 aliphatic heterocycles. The van der Waals surface area contributed by atoms with Crippen molar-refractivity contribution in [3.63, 3.8) is 0 Å². The Bertz CT molecular complexity index is 746. The van der Waals surface area contributed by atoms with E-state index in [4.69, 9.17) is 0 Å². The second-order valence-corrected chi connectivity index (χ2v) is 5.64. The van der Waals surface area contributed by atoms with Crippen molar-refractivity contribution >= 4 is 44.6 Å². The molecule has 0 saturated heterocycles. The van der Waals surface area contributed by atoms with Gasteiger partial charge in [0.25, 0.3) is 5.69 Å². The molecule has 1 aromatic heterocycles. The molecule has 0 aliphatic rings. The van der Waals surface area contributed by atoms with E-state index in [0.717, 1.165) is 5.69 Å². The van der Waals surface area contributed by atoms with Crippen molar-refractivity contribution in [2.45, 2.75) is 6.92 Å². The van der Waals surface area contributed by atoms with Crippen LogP contribution >= 0.6 is 27.3 Å². The molecule has 0 radical (unpaired) electrons. The van der Waals surface area contributed by atoms with E-state index in [9.17, 15) is 15.4 Å². The van der Waals surface area contributed by atoms with Crippen LogP contribution in [0.5, 0.6) is 0 Å². The number of nitriles is 1. The number of thiazole rings is 1. The van der Waals surface area contributed by atoms with Gasteiger partial charge in [-0.05, 0) is 40.6 Å². The lowest BCUT2D eigenvalue weighted by Crippen LogP contribution is -1.90. The number of nitro groups is 1. The van der Waals surface area contributed by atoms with Gasteiger partial charge in [0.05, 0.1) is 15.0 Å². The van der Waals surface area contributed by atoms with Gasteiger partial charge in [-0.1, -0.05) is 6.07 Å². The van der Waals surface area contributed by atoms with Gasteiger partial charge in [-0.2, -0.15) is 5.26 Å². The zero-order valence-corrected chi connectivity index (χ0v) is 12.7. The van der Waals surface area contributed by atoms with Gasteiger partial charge in [0, 0.05) is 17.1 Å². The number of aryl methyl sites for hydroxylation is 1. The molecule has 100 valence electrons. The van der Waals surface area contributed by atoms with E-state index in [1.807, 2.05) is 12.3 Å². The van der Waals surface area contributed by atoms with Gasteiger partial charge < -0.3 is 0 Å². The number of nitro benzene ring substituents is 1. The van der Waals surface area contributed by atoms with Crippen LogP contribution in [0.1, 0.15) is 16.3 Å². The number of allylic oxidation sites excluding steroid dienone is 1. The summed E-state index contributed by atoms with van der Waals surface area (Å²) in [6.45, 7) is 1.85. The molecule has 0 unspecified atom stereocenters. The molecule has 0 bridgehead atoms. The Morgan fingerprint density at radius 2 is 2.35 bits per heavy atom. The fraction of sp³-hybridized carbons (Fsp3) is 0.0769. The first-order valence-corrected chi connectivity index (χ1v) is 7.17. The molecule has 5 nitrogen and oxygen atoms in total. The molecular weight excluding hydrogens is 342 g/mol. The average Bonchev–Trinajstić information content (AvgIpc) is 2.84. The molecule has 0 fully saturated rings. The lowest BCUT2D eigenvalue weighted by atomic mass is 10.1. The second-order valence-electron chi connectivity index (χ2n) is 3.93. The summed E-state index contributed by atoms with van der Waals surface area (Å²) in [5.74, 6) is 0. The third-order valence-electron chi connectivity index (χ3n) is 2.45. The third-order valence-corrected chi connectivity index (χ3v) is 4.11. The fourth-order valence-corrected chi connectivity index (χ4v) is 2.70. The Kier molecular flexibility index (Phi) is 4.27. The van der Waals surface area contributed by atoms with E-state index in [1.54, 1.807) is 18.2 Å². The summed E-state index contributed by atoms with van der Waals surface area (Å²) < 4.78 is 0.406. The molecule has 0 atom stereocenters. The zero-order chi connectivity index (χ0) is 14.7. The molecule has 1 heterocycles. The monoisotopic (exact) mass is 349 g/mol. The first kappa shape index (κ1) is 14.4. The molecule has 1 aromatic carbocycles. The van der Waals surface area contributed by atoms with Crippen molar-refractivity contribution < 1.29 is 4.92 Å². The summed E-state index contributed by atoms with van der Waals surface area (Å²) >= 11 is 4.50. The van der Waals surface area contributed by atoms with Crippen LogP contribution in [0.15, 0.2) is 28.1 Å². The van der Waals surface area contributed by atoms with Crippen LogP contribution in [0.3, 0.4) is 0 Å². The fourth-order valence-electron chi connectivity index (χ4n) is 1.55. The topological polar surface area (TPSA) is 79.8 Å². The van der Waals surface area contributed by atoms with Crippen LogP contribution in [0, 0.1) is 28.4 Å². The van der Waals surface area contributed by atoms with Crippen LogP contribution in [-0.4, -0.2) is 9.91 Å². The molecule has 2 rings (SSSR count). The van der Waals surface area contributed by atoms with Gasteiger partial charge >= 0.3 is 0 Å². The Morgan fingerprint density at radius 1 is 1.60 bits per heavy atom. The quantitative estimate of drug-likeness (QED) is 0.472. The van der Waals surface area contributed by atoms with Crippen molar-refractivity contribution in [3.05, 3.63) is 54.4 Å². The van der Waals surface area contributed by atoms with E-state index in [1.165, 1.54) is 17.4 Å². The summed E-state index contributed by atoms with van der Waals surface area (Å²) in [5.41, 5.74) is 1.78. The lowest BCUT2D eigenvalue weighted by Gasteiger charge is -1.98. The summed E-state index contributed by atoms with van der Waals surface area (Å²) in [5, 5.41) is 22.5. The Labute approximate surface area is 127 Å². The number of nitrogens with zero attached hydrogens (tertiary/aromatic N) is 3. The maximum Gasteiger partial charge on any atom is 0.284 e. The SMILES string of the molecule is Cc1csc(/C(C#N)=C/c2ccc(Br)c([N+](=O)[O-])c2)n1. The maximum atomic E-state index is 10.9. The molecule has 7 heteroatoms. The van der Waals surface area contributed by atoms with Crippen LogP contribution < -0.4 is 0 Å². The molecule has 0 saturated carbocycles. The van der Waals surface area contributed by atoms with Crippen molar-refractivity contribution in [1.82, 2.24) is 4.98 Å². The van der Waals surface area contributed by atoms with Crippen LogP contribution in [0.2, 0.25) is 0 Å². The van der Waals surface area contributed by atoms with Gasteiger partial charge in [0.15, 0.2) is 0 Å². The van der Waals surface area contributed by atoms with Crippen LogP contribution in [-0.2, 0) is 0 Å². The average molecular weight is 350 g/mol. The predicted molar refractivity (Wildman–Crippen MR) is 81.1 cm³/mol. The van der Waals surface area contributed by atoms with Crippen LogP contribution in [0.25, 0.3) is 11.6 Å². The third kappa shape index (κ3) is 3.10. The summed E-state index contributed by atoms with van der Waals surface area (Å²) in [6, 6.07) is 6.78. The van der Waals surface area contributed by atoms with E-state index >= 15 is 0 Å². The highest BCUT2D eigenvalue weighted by molar-refractivity contribution is 9.10. The zero-order valence-electron chi connectivity index (χ0n) is 10.3. The first-order valence-electron chi connectivity index (χ1n) is 5.49. The number of hydrogen-bond acceptors (Lipinski definition) is 5. The molecule has 0 spiro atoms. The Balaban J connectivity index is 2.46. The van der Waals surface area contributed by atoms with Gasteiger partial charge in [0.2, 0.25) is 0 Å². The summed E-state index contributed by atoms with van der Waals surface area (Å²) in [6.07, 6.45) is 1.59. The van der Waals surface area contributed by atoms with E-state index < -0.39 is 4.92 Å². The molecule has 2 aromatic rings. The van der Waals surface area contributed by atoms with Crippen molar-refractivity contribution in [3.8, 4) is 6.07 Å². The molecular formula is C13H8BrN3O2S. The number of hydrogen-bond donors (Lipinski definition) is 0. The first-order chi connectivity index (χ1) is 9.51. The summed E-state index contributed by atoms with van der Waals surface area (Å²) in [4.78, 5) is 14.6. The highest BCUT2D eigenvalue weighted by Gasteiger charge is 2.12. The van der Waals surface area contributed by atoms with E-state index in [0.29, 0.717) is 20.6 Å². The Morgan fingerprint density at radius 3 is 2.90 bits per heavy atom. The van der Waals surface area contributed by atoms with E-state index in [2.05, 4.69) is 27.0 Å². The largest absolute Gasteiger partial charge is 0.284 e. The normalized spacial score (nSPS) is 11.2. The highest BCUT2D eigenvalue weighted by atomic mass is 79.9. The standard InChI is InChI=1S/C13H8BrN3O2S/c1-8-7-20-13(16-8)10(6-15)4-9-2-3-11(14)12(5-9)17(18)19/h2-5,7H,1H3/b10-4+. The van der Waals surface area contributed by atoms with Gasteiger partial charge in [-0.3, -0.25) is 10.1 Å². The second kappa shape index (κ2) is 5.94. The van der Waals surface area contributed by atoms with Crippen LogP contribution in [0.4, 0.5) is 5.69 Å². The molecule has 0 N–H and O–H groups in total. The smallest absolute Gasteiger partial charge is 0.258 e.